The van der Waals surface area contributed by atoms with Gasteiger partial charge in [0.25, 0.3) is 0 Å². The van der Waals surface area contributed by atoms with Gasteiger partial charge in [0, 0.05) is 23.7 Å². The number of H-pyrrole nitrogens is 1. The van der Waals surface area contributed by atoms with Gasteiger partial charge in [0.05, 0.1) is 11.6 Å². The van der Waals surface area contributed by atoms with Crippen molar-refractivity contribution in [1.82, 2.24) is 10.3 Å². The van der Waals surface area contributed by atoms with E-state index in [1.54, 1.807) is 0 Å². The quantitative estimate of drug-likeness (QED) is 0.683. The molecule has 6 nitrogen and oxygen atoms in total. The molecule has 0 bridgehead atoms. The first-order valence-electron chi connectivity index (χ1n) is 10.6. The summed E-state index contributed by atoms with van der Waals surface area (Å²) in [4.78, 5) is 27.2. The molecule has 0 unspecified atom stereocenters. The van der Waals surface area contributed by atoms with Gasteiger partial charge >= 0.3 is 0 Å². The van der Waals surface area contributed by atoms with Crippen LogP contribution < -0.4 is 16.6 Å². The first kappa shape index (κ1) is 21.8. The van der Waals surface area contributed by atoms with E-state index in [-0.39, 0.29) is 17.4 Å². The fourth-order valence-corrected chi connectivity index (χ4v) is 4.09. The van der Waals surface area contributed by atoms with Gasteiger partial charge in [0.15, 0.2) is 0 Å². The van der Waals surface area contributed by atoms with Crippen molar-refractivity contribution in [3.63, 3.8) is 0 Å². The maximum absolute atomic E-state index is 12.6. The predicted octanol–water partition coefficient (Wildman–Crippen LogP) is 3.38. The predicted molar refractivity (Wildman–Crippen MR) is 118 cm³/mol. The Morgan fingerprint density at radius 2 is 1.83 bits per heavy atom. The average Bonchev–Trinajstić information content (AvgIpc) is 2.74. The summed E-state index contributed by atoms with van der Waals surface area (Å²) in [6.07, 6.45) is 4.76. The highest BCUT2D eigenvalue weighted by Crippen LogP contribution is 2.28. The fraction of sp³-hybridized carbons (Fsp3) is 0.458. The largest absolute Gasteiger partial charge is 0.338 e. The highest BCUT2D eigenvalue weighted by atomic mass is 16.2. The number of carbonyl (C=O) groups excluding carboxylic acids is 1. The minimum absolute atomic E-state index is 0.109. The monoisotopic (exact) mass is 406 g/mol. The Kier molecular flexibility index (Phi) is 6.73. The van der Waals surface area contributed by atoms with E-state index in [9.17, 15) is 14.9 Å². The molecule has 158 valence electrons. The molecule has 1 aliphatic rings. The molecule has 1 amide bonds. The second kappa shape index (κ2) is 9.27. The van der Waals surface area contributed by atoms with E-state index in [2.05, 4.69) is 16.4 Å². The average molecular weight is 407 g/mol. The second-order valence-electron chi connectivity index (χ2n) is 8.58. The van der Waals surface area contributed by atoms with Gasteiger partial charge in [-0.3, -0.25) is 9.59 Å². The smallest absolute Gasteiger partial charge is 0.248 e. The Hall–Kier alpha value is -2.91. The molecule has 1 aromatic carbocycles. The van der Waals surface area contributed by atoms with E-state index in [4.69, 9.17) is 5.73 Å². The van der Waals surface area contributed by atoms with E-state index in [0.29, 0.717) is 19.3 Å². The summed E-state index contributed by atoms with van der Waals surface area (Å²) in [5.74, 6) is -0.0321. The molecule has 1 saturated carbocycles. The topological polar surface area (TPSA) is 112 Å². The van der Waals surface area contributed by atoms with Gasteiger partial charge in [-0.25, -0.2) is 0 Å². The summed E-state index contributed by atoms with van der Waals surface area (Å²) in [7, 11) is 0. The minimum Gasteiger partial charge on any atom is -0.338 e. The van der Waals surface area contributed by atoms with Crippen LogP contribution >= 0.6 is 0 Å². The Morgan fingerprint density at radius 3 is 2.43 bits per heavy atom. The molecule has 6 heteroatoms. The van der Waals surface area contributed by atoms with Crippen molar-refractivity contribution in [1.29, 1.82) is 5.26 Å². The highest BCUT2D eigenvalue weighted by molar-refractivity contribution is 5.86. The third-order valence-corrected chi connectivity index (χ3v) is 5.89. The highest BCUT2D eigenvalue weighted by Gasteiger charge is 2.36. The number of nitrogens with zero attached hydrogens (tertiary/aromatic N) is 1. The van der Waals surface area contributed by atoms with Gasteiger partial charge in [-0.2, -0.15) is 5.26 Å². The number of aromatic amines is 1. The zero-order chi connectivity index (χ0) is 21.7. The Bertz CT molecular complexity index is 980. The lowest BCUT2D eigenvalue weighted by molar-refractivity contribution is -0.127. The second-order valence-corrected chi connectivity index (χ2v) is 8.58. The molecule has 1 aliphatic carbocycles. The molecule has 1 aromatic heterocycles. The summed E-state index contributed by atoms with van der Waals surface area (Å²) in [6.45, 7) is 4.08. The molecule has 1 atom stereocenters. The Morgan fingerprint density at radius 1 is 1.17 bits per heavy atom. The molecular weight excluding hydrogens is 376 g/mol. The fourth-order valence-electron chi connectivity index (χ4n) is 4.09. The van der Waals surface area contributed by atoms with Gasteiger partial charge < -0.3 is 16.0 Å². The van der Waals surface area contributed by atoms with Crippen molar-refractivity contribution in [2.24, 2.45) is 5.73 Å². The van der Waals surface area contributed by atoms with E-state index in [1.165, 1.54) is 6.07 Å². The number of hydrogen-bond acceptors (Lipinski definition) is 4. The first-order chi connectivity index (χ1) is 14.3. The van der Waals surface area contributed by atoms with E-state index >= 15 is 0 Å². The summed E-state index contributed by atoms with van der Waals surface area (Å²) in [6, 6.07) is 12.8. The molecule has 0 saturated heterocycles. The molecule has 0 spiro atoms. The normalized spacial score (nSPS) is 16.6. The first-order valence-corrected chi connectivity index (χ1v) is 10.6. The maximum atomic E-state index is 12.6. The van der Waals surface area contributed by atoms with Crippen molar-refractivity contribution in [3.8, 4) is 17.2 Å². The van der Waals surface area contributed by atoms with Crippen LogP contribution in [0, 0.1) is 11.3 Å². The molecule has 1 heterocycles. The van der Waals surface area contributed by atoms with E-state index in [1.807, 2.05) is 44.2 Å². The Balaban J connectivity index is 1.71. The van der Waals surface area contributed by atoms with Gasteiger partial charge in [-0.1, -0.05) is 57.4 Å². The summed E-state index contributed by atoms with van der Waals surface area (Å²) < 4.78 is 0. The zero-order valence-corrected chi connectivity index (χ0v) is 17.7. The molecule has 4 N–H and O–H groups in total. The third kappa shape index (κ3) is 4.98. The SMILES string of the molecule is CC(C)c1[nH]c(=O)ccc1-c1ccc(C[C@@H](C#N)NC(=O)C2(N)CCCCC2)cc1. The maximum Gasteiger partial charge on any atom is 0.248 e. The summed E-state index contributed by atoms with van der Waals surface area (Å²) in [5.41, 5.74) is 9.17. The number of amides is 1. The van der Waals surface area contributed by atoms with Crippen LogP contribution in [0.1, 0.15) is 63.1 Å². The van der Waals surface area contributed by atoms with E-state index < -0.39 is 11.6 Å². The van der Waals surface area contributed by atoms with Crippen LogP contribution in [-0.4, -0.2) is 22.5 Å². The van der Waals surface area contributed by atoms with Crippen LogP contribution in [-0.2, 0) is 11.2 Å². The lowest BCUT2D eigenvalue weighted by Gasteiger charge is -2.32. The number of nitrogens with one attached hydrogen (secondary N) is 2. The Labute approximate surface area is 177 Å². The van der Waals surface area contributed by atoms with Gasteiger partial charge in [0.2, 0.25) is 11.5 Å². The van der Waals surface area contributed by atoms with Crippen LogP contribution in [0.5, 0.6) is 0 Å². The summed E-state index contributed by atoms with van der Waals surface area (Å²) in [5, 5.41) is 12.4. The zero-order valence-electron chi connectivity index (χ0n) is 17.7. The van der Waals surface area contributed by atoms with Crippen molar-refractivity contribution >= 4 is 5.91 Å². The summed E-state index contributed by atoms with van der Waals surface area (Å²) >= 11 is 0. The molecular formula is C24H30N4O2. The van der Waals surface area contributed by atoms with Crippen LogP contribution in [0.2, 0.25) is 0 Å². The standard InChI is InChI=1S/C24H30N4O2/c1-16(2)22-20(10-11-21(29)28-22)18-8-6-17(7-9-18)14-19(15-25)27-23(30)24(26)12-4-3-5-13-24/h6-11,16,19H,3-5,12-14,26H2,1-2H3,(H,27,30)(H,28,29)/t19-/m0/s1. The van der Waals surface area contributed by atoms with Crippen molar-refractivity contribution in [2.75, 3.05) is 0 Å². The molecule has 0 aliphatic heterocycles. The van der Waals surface area contributed by atoms with Gasteiger partial charge in [-0.15, -0.1) is 0 Å². The number of pyridine rings is 1. The lowest BCUT2D eigenvalue weighted by Crippen LogP contribution is -2.57. The third-order valence-electron chi connectivity index (χ3n) is 5.89. The number of benzene rings is 1. The molecule has 0 radical (unpaired) electrons. The lowest BCUT2D eigenvalue weighted by atomic mass is 9.81. The van der Waals surface area contributed by atoms with Crippen molar-refractivity contribution < 1.29 is 4.79 Å². The van der Waals surface area contributed by atoms with Gasteiger partial charge in [0.1, 0.15) is 6.04 Å². The minimum atomic E-state index is -0.852. The number of carbonyl (C=O) groups is 1. The molecule has 30 heavy (non-hydrogen) atoms. The van der Waals surface area contributed by atoms with Crippen LogP contribution in [0.3, 0.4) is 0 Å². The van der Waals surface area contributed by atoms with Crippen LogP contribution in [0.4, 0.5) is 0 Å². The van der Waals surface area contributed by atoms with E-state index in [0.717, 1.165) is 41.6 Å². The number of nitriles is 1. The van der Waals surface area contributed by atoms with Crippen LogP contribution in [0.15, 0.2) is 41.2 Å². The number of aromatic nitrogens is 1. The molecule has 2 aromatic rings. The number of nitrogens with two attached hydrogens (primary N) is 1. The van der Waals surface area contributed by atoms with Crippen molar-refractivity contribution in [3.05, 3.63) is 58.0 Å². The number of hydrogen-bond donors (Lipinski definition) is 3. The molecule has 3 rings (SSSR count). The molecule has 1 fully saturated rings. The van der Waals surface area contributed by atoms with Gasteiger partial charge in [-0.05, 0) is 36.0 Å². The number of rotatable bonds is 6. The van der Waals surface area contributed by atoms with Crippen molar-refractivity contribution in [2.45, 2.75) is 69.9 Å². The van der Waals surface area contributed by atoms with Crippen LogP contribution in [0.25, 0.3) is 11.1 Å².